The number of carbonyl (C=O) groups excluding carboxylic acids is 1. The van der Waals surface area contributed by atoms with E-state index in [1.807, 2.05) is 19.9 Å². The number of aryl methyl sites for hydroxylation is 2. The van der Waals surface area contributed by atoms with Crippen LogP contribution in [0.4, 0.5) is 5.82 Å². The van der Waals surface area contributed by atoms with E-state index in [4.69, 9.17) is 11.5 Å². The number of hydrogen-bond donors (Lipinski definition) is 2. The maximum Gasteiger partial charge on any atom is 0.236 e. The number of rotatable bonds is 4. The second-order valence-corrected chi connectivity index (χ2v) is 3.91. The van der Waals surface area contributed by atoms with Crippen molar-refractivity contribution in [3.63, 3.8) is 0 Å². The molecule has 16 heavy (non-hydrogen) atoms. The van der Waals surface area contributed by atoms with Crippen molar-refractivity contribution in [1.82, 2.24) is 4.98 Å². The van der Waals surface area contributed by atoms with Crippen LogP contribution in [0.2, 0.25) is 0 Å². The first-order valence-corrected chi connectivity index (χ1v) is 5.12. The van der Waals surface area contributed by atoms with Crippen LogP contribution in [0, 0.1) is 13.8 Å². The molecule has 0 atom stereocenters. The summed E-state index contributed by atoms with van der Waals surface area (Å²) in [5.41, 5.74) is 13.8. The zero-order valence-corrected chi connectivity index (χ0v) is 9.95. The molecule has 0 radical (unpaired) electrons. The third-order valence-electron chi connectivity index (χ3n) is 2.41. The lowest BCUT2D eigenvalue weighted by Crippen LogP contribution is -2.32. The third-order valence-corrected chi connectivity index (χ3v) is 2.41. The van der Waals surface area contributed by atoms with Crippen molar-refractivity contribution in [1.29, 1.82) is 0 Å². The molecule has 1 aromatic heterocycles. The van der Waals surface area contributed by atoms with Gasteiger partial charge in [-0.15, -0.1) is 0 Å². The van der Waals surface area contributed by atoms with Crippen molar-refractivity contribution in [3.8, 4) is 0 Å². The fourth-order valence-corrected chi connectivity index (χ4v) is 1.72. The molecule has 88 valence electrons. The number of amides is 1. The van der Waals surface area contributed by atoms with E-state index < -0.39 is 0 Å². The average molecular weight is 222 g/mol. The van der Waals surface area contributed by atoms with E-state index in [1.54, 1.807) is 11.9 Å². The van der Waals surface area contributed by atoms with Crippen molar-refractivity contribution in [3.05, 3.63) is 22.9 Å². The molecule has 0 unspecified atom stereocenters. The van der Waals surface area contributed by atoms with Crippen molar-refractivity contribution >= 4 is 11.7 Å². The quantitative estimate of drug-likeness (QED) is 0.755. The van der Waals surface area contributed by atoms with Crippen LogP contribution in [0.1, 0.15) is 16.8 Å². The minimum Gasteiger partial charge on any atom is -0.368 e. The Balaban J connectivity index is 3.15. The van der Waals surface area contributed by atoms with Crippen molar-refractivity contribution in [2.75, 3.05) is 18.5 Å². The molecular formula is C11H18N4O. The van der Waals surface area contributed by atoms with E-state index in [0.29, 0.717) is 6.54 Å². The summed E-state index contributed by atoms with van der Waals surface area (Å²) in [7, 11) is 1.78. The smallest absolute Gasteiger partial charge is 0.236 e. The average Bonchev–Trinajstić information content (AvgIpc) is 2.15. The van der Waals surface area contributed by atoms with Gasteiger partial charge in [0.2, 0.25) is 5.91 Å². The summed E-state index contributed by atoms with van der Waals surface area (Å²) in [6.45, 7) is 4.44. The summed E-state index contributed by atoms with van der Waals surface area (Å²) in [5.74, 6) is 0.352. The lowest BCUT2D eigenvalue weighted by atomic mass is 10.1. The Labute approximate surface area is 95.4 Å². The normalized spacial score (nSPS) is 10.2. The van der Waals surface area contributed by atoms with Gasteiger partial charge in [0.25, 0.3) is 0 Å². The van der Waals surface area contributed by atoms with Crippen molar-refractivity contribution in [2.45, 2.75) is 20.4 Å². The number of carbonyl (C=O) groups is 1. The van der Waals surface area contributed by atoms with Gasteiger partial charge in [0.1, 0.15) is 5.82 Å². The maximum absolute atomic E-state index is 10.9. The molecule has 1 amide bonds. The minimum atomic E-state index is -0.383. The molecule has 0 aliphatic carbocycles. The predicted molar refractivity (Wildman–Crippen MR) is 64.1 cm³/mol. The van der Waals surface area contributed by atoms with Crippen LogP contribution in [0.5, 0.6) is 0 Å². The van der Waals surface area contributed by atoms with Gasteiger partial charge in [-0.3, -0.25) is 4.79 Å². The summed E-state index contributed by atoms with van der Waals surface area (Å²) in [4.78, 5) is 17.0. The number of likely N-dealkylation sites (N-methyl/N-ethyl adjacent to an activating group) is 1. The summed E-state index contributed by atoms with van der Waals surface area (Å²) in [6, 6.07) is 1.98. The fourth-order valence-electron chi connectivity index (χ4n) is 1.72. The fraction of sp³-hybridized carbons (Fsp3) is 0.455. The Kier molecular flexibility index (Phi) is 3.84. The maximum atomic E-state index is 10.9. The van der Waals surface area contributed by atoms with Crippen LogP contribution in [-0.4, -0.2) is 24.5 Å². The number of anilines is 1. The molecule has 0 aromatic carbocycles. The van der Waals surface area contributed by atoms with Crippen molar-refractivity contribution < 1.29 is 4.79 Å². The predicted octanol–water partition coefficient (Wildman–Crippen LogP) is 0.0786. The standard InChI is InChI=1S/C11H18N4O/c1-7-4-8(2)14-11(9(7)5-12)15(3)6-10(13)16/h4H,5-6,12H2,1-3H3,(H2,13,16). The van der Waals surface area contributed by atoms with E-state index in [9.17, 15) is 4.79 Å². The van der Waals surface area contributed by atoms with Crippen LogP contribution in [-0.2, 0) is 11.3 Å². The summed E-state index contributed by atoms with van der Waals surface area (Å²) < 4.78 is 0. The summed E-state index contributed by atoms with van der Waals surface area (Å²) in [6.07, 6.45) is 0. The minimum absolute atomic E-state index is 0.142. The molecule has 5 nitrogen and oxygen atoms in total. The Hall–Kier alpha value is -1.62. The van der Waals surface area contributed by atoms with E-state index in [2.05, 4.69) is 4.98 Å². The molecule has 4 N–H and O–H groups in total. The lowest BCUT2D eigenvalue weighted by molar-refractivity contribution is -0.116. The Morgan fingerprint density at radius 2 is 2.12 bits per heavy atom. The number of nitrogens with zero attached hydrogens (tertiary/aromatic N) is 2. The Bertz CT molecular complexity index is 403. The van der Waals surface area contributed by atoms with Crippen LogP contribution in [0.3, 0.4) is 0 Å². The highest BCUT2D eigenvalue weighted by molar-refractivity contribution is 5.79. The SMILES string of the molecule is Cc1cc(C)c(CN)c(N(C)CC(N)=O)n1. The molecule has 0 saturated heterocycles. The molecule has 0 aliphatic heterocycles. The first-order chi connectivity index (χ1) is 7.45. The zero-order valence-electron chi connectivity index (χ0n) is 9.95. The Morgan fingerprint density at radius 3 is 2.62 bits per heavy atom. The molecule has 0 aliphatic rings. The molecule has 5 heteroatoms. The highest BCUT2D eigenvalue weighted by Gasteiger charge is 2.13. The van der Waals surface area contributed by atoms with Crippen molar-refractivity contribution in [2.24, 2.45) is 11.5 Å². The van der Waals surface area contributed by atoms with Gasteiger partial charge in [-0.25, -0.2) is 4.98 Å². The van der Waals surface area contributed by atoms with Gasteiger partial charge in [-0.1, -0.05) is 0 Å². The zero-order chi connectivity index (χ0) is 12.3. The molecule has 1 rings (SSSR count). The highest BCUT2D eigenvalue weighted by Crippen LogP contribution is 2.20. The second kappa shape index (κ2) is 4.94. The van der Waals surface area contributed by atoms with E-state index in [0.717, 1.165) is 22.6 Å². The van der Waals surface area contributed by atoms with Crippen LogP contribution < -0.4 is 16.4 Å². The summed E-state index contributed by atoms with van der Waals surface area (Å²) >= 11 is 0. The van der Waals surface area contributed by atoms with Gasteiger partial charge in [0.05, 0.1) is 6.54 Å². The van der Waals surface area contributed by atoms with Crippen LogP contribution >= 0.6 is 0 Å². The number of pyridine rings is 1. The molecule has 1 heterocycles. The molecule has 0 fully saturated rings. The van der Waals surface area contributed by atoms with Gasteiger partial charge < -0.3 is 16.4 Å². The topological polar surface area (TPSA) is 85.2 Å². The second-order valence-electron chi connectivity index (χ2n) is 3.91. The molecular weight excluding hydrogens is 204 g/mol. The van der Waals surface area contributed by atoms with E-state index >= 15 is 0 Å². The number of primary amides is 1. The molecule has 0 spiro atoms. The van der Waals surface area contributed by atoms with Gasteiger partial charge in [0, 0.05) is 24.8 Å². The molecule has 1 aromatic rings. The number of hydrogen-bond acceptors (Lipinski definition) is 4. The first kappa shape index (κ1) is 12.4. The highest BCUT2D eigenvalue weighted by atomic mass is 16.1. The summed E-state index contributed by atoms with van der Waals surface area (Å²) in [5, 5.41) is 0. The number of nitrogens with two attached hydrogens (primary N) is 2. The number of aromatic nitrogens is 1. The van der Waals surface area contributed by atoms with E-state index in [1.165, 1.54) is 0 Å². The molecule has 0 bridgehead atoms. The third kappa shape index (κ3) is 2.70. The lowest BCUT2D eigenvalue weighted by Gasteiger charge is -2.21. The van der Waals surface area contributed by atoms with Gasteiger partial charge in [-0.2, -0.15) is 0 Å². The van der Waals surface area contributed by atoms with Crippen LogP contribution in [0.15, 0.2) is 6.07 Å². The molecule has 0 saturated carbocycles. The van der Waals surface area contributed by atoms with E-state index in [-0.39, 0.29) is 12.5 Å². The van der Waals surface area contributed by atoms with Crippen LogP contribution in [0.25, 0.3) is 0 Å². The first-order valence-electron chi connectivity index (χ1n) is 5.12. The van der Waals surface area contributed by atoms with Gasteiger partial charge in [-0.05, 0) is 25.5 Å². The van der Waals surface area contributed by atoms with Gasteiger partial charge in [0.15, 0.2) is 0 Å². The monoisotopic (exact) mass is 222 g/mol. The Morgan fingerprint density at radius 1 is 1.50 bits per heavy atom. The largest absolute Gasteiger partial charge is 0.368 e. The van der Waals surface area contributed by atoms with Gasteiger partial charge >= 0.3 is 0 Å².